The number of halogens is 4. The number of carboxylic acid groups (broad SMARTS) is 1. The number of rotatable bonds is 6. The summed E-state index contributed by atoms with van der Waals surface area (Å²) in [6.07, 6.45) is -1.25. The van der Waals surface area contributed by atoms with E-state index >= 15 is 0 Å². The van der Waals surface area contributed by atoms with E-state index < -0.39 is 34.8 Å². The van der Waals surface area contributed by atoms with Crippen LogP contribution >= 0.6 is 11.3 Å². The minimum Gasteiger partial charge on any atom is -0.481 e. The number of aryl methyl sites for hydroxylation is 1. The number of benzene rings is 2. The molecule has 1 aliphatic carbocycles. The zero-order chi connectivity index (χ0) is 30.4. The third kappa shape index (κ3) is 6.00. The number of alkyl halides is 3. The molecule has 4 aromatic rings. The molecule has 0 spiro atoms. The first-order valence-electron chi connectivity index (χ1n) is 13.2. The predicted octanol–water partition coefficient (Wildman–Crippen LogP) is 7.58. The third-order valence-electron chi connectivity index (χ3n) is 7.65. The maximum Gasteiger partial charge on any atom is 0.433 e. The van der Waals surface area contributed by atoms with Gasteiger partial charge in [-0.1, -0.05) is 19.9 Å². The molecular weight excluding hydrogens is 572 g/mol. The lowest BCUT2D eigenvalue weighted by molar-refractivity contribution is -0.154. The summed E-state index contributed by atoms with van der Waals surface area (Å²) in [4.78, 5) is 24.4. The summed E-state index contributed by atoms with van der Waals surface area (Å²) in [7, 11) is 0. The van der Waals surface area contributed by atoms with Gasteiger partial charge in [-0.25, -0.2) is 19.3 Å². The Kier molecular flexibility index (Phi) is 7.56. The Morgan fingerprint density at radius 2 is 1.81 bits per heavy atom. The second-order valence-electron chi connectivity index (χ2n) is 11.3. The first-order chi connectivity index (χ1) is 19.6. The Balaban J connectivity index is 1.54. The Labute approximate surface area is 243 Å². The van der Waals surface area contributed by atoms with Crippen molar-refractivity contribution in [3.8, 4) is 21.6 Å². The highest BCUT2D eigenvalue weighted by molar-refractivity contribution is 7.15. The van der Waals surface area contributed by atoms with Crippen LogP contribution in [-0.4, -0.2) is 31.1 Å². The molecule has 7 nitrogen and oxygen atoms in total. The molecule has 0 saturated heterocycles. The van der Waals surface area contributed by atoms with Crippen LogP contribution in [0, 0.1) is 24.1 Å². The molecule has 12 heteroatoms. The Hall–Kier alpha value is -3.90. The molecule has 1 saturated carbocycles. The van der Waals surface area contributed by atoms with Gasteiger partial charge in [0, 0.05) is 18.1 Å². The van der Waals surface area contributed by atoms with Gasteiger partial charge in [0.2, 0.25) is 5.95 Å². The summed E-state index contributed by atoms with van der Waals surface area (Å²) in [5.74, 6) is -2.09. The molecule has 0 bridgehead atoms. The van der Waals surface area contributed by atoms with Gasteiger partial charge in [0.25, 0.3) is 0 Å². The lowest BCUT2D eigenvalue weighted by Crippen LogP contribution is -2.44. The lowest BCUT2D eigenvalue weighted by Gasteiger charge is -2.44. The van der Waals surface area contributed by atoms with Crippen LogP contribution in [0.5, 0.6) is 0 Å². The van der Waals surface area contributed by atoms with E-state index in [1.165, 1.54) is 17.4 Å². The van der Waals surface area contributed by atoms with Gasteiger partial charge < -0.3 is 15.5 Å². The second kappa shape index (κ2) is 10.7. The minimum absolute atomic E-state index is 0.221. The van der Waals surface area contributed by atoms with Crippen LogP contribution in [0.3, 0.4) is 0 Å². The number of hydrogen-bond donors (Lipinski definition) is 3. The quantitative estimate of drug-likeness (QED) is 0.196. The molecule has 2 heterocycles. The van der Waals surface area contributed by atoms with Crippen molar-refractivity contribution in [2.75, 3.05) is 5.32 Å². The summed E-state index contributed by atoms with van der Waals surface area (Å²) in [6.45, 7) is 5.29. The van der Waals surface area contributed by atoms with Gasteiger partial charge in [-0.15, -0.1) is 11.3 Å². The molecule has 3 N–H and O–H groups in total. The molecule has 220 valence electrons. The summed E-state index contributed by atoms with van der Waals surface area (Å²) < 4.78 is 53.7. The average molecular weight is 601 g/mol. The van der Waals surface area contributed by atoms with Gasteiger partial charge in [-0.2, -0.15) is 13.2 Å². The van der Waals surface area contributed by atoms with E-state index in [0.717, 1.165) is 12.3 Å². The fourth-order valence-electron chi connectivity index (χ4n) is 5.54. The van der Waals surface area contributed by atoms with E-state index in [2.05, 4.69) is 20.3 Å². The van der Waals surface area contributed by atoms with Crippen molar-refractivity contribution in [3.63, 3.8) is 0 Å². The number of aliphatic hydroxyl groups is 1. The minimum atomic E-state index is -4.64. The fourth-order valence-corrected chi connectivity index (χ4v) is 6.56. The molecule has 0 aliphatic heterocycles. The summed E-state index contributed by atoms with van der Waals surface area (Å²) >= 11 is 1.26. The van der Waals surface area contributed by atoms with Crippen molar-refractivity contribution in [3.05, 3.63) is 76.9 Å². The van der Waals surface area contributed by atoms with Crippen LogP contribution in [0.1, 0.15) is 49.4 Å². The smallest absolute Gasteiger partial charge is 0.433 e. The van der Waals surface area contributed by atoms with Gasteiger partial charge in [-0.05, 0) is 90.3 Å². The van der Waals surface area contributed by atoms with Crippen molar-refractivity contribution >= 4 is 28.9 Å². The van der Waals surface area contributed by atoms with Crippen LogP contribution in [-0.2, 0) is 16.6 Å². The van der Waals surface area contributed by atoms with E-state index in [-0.39, 0.29) is 24.6 Å². The zero-order valence-corrected chi connectivity index (χ0v) is 23.8. The molecule has 0 radical (unpaired) electrons. The Bertz CT molecular complexity index is 1660. The lowest BCUT2D eigenvalue weighted by atomic mass is 9.63. The predicted molar refractivity (Wildman–Crippen MR) is 151 cm³/mol. The molecule has 0 unspecified atom stereocenters. The number of thiazole rings is 1. The van der Waals surface area contributed by atoms with E-state index in [1.54, 1.807) is 37.4 Å². The number of carboxylic acids is 1. The van der Waals surface area contributed by atoms with E-state index in [9.17, 15) is 32.6 Å². The highest BCUT2D eigenvalue weighted by Crippen LogP contribution is 2.51. The number of aliphatic carboxylic acids is 1. The maximum atomic E-state index is 14.0. The standard InChI is InChI=1S/C30H28F4N4O3S/c1-16-10-17(4-5-22(16)31)18-11-19(13-20(12-18)37-27-35-9-7-24(38-27)30(32,33)34)23-14-36-26(42-23)29(41)8-6-21(25(39)40)28(2,3)15-29/h4-5,7,9-14,21,41H,6,8,15H2,1-3H3,(H,39,40)(H,35,37,38)/t21-,29-/m0/s1. The van der Waals surface area contributed by atoms with Crippen molar-refractivity contribution in [1.82, 2.24) is 15.0 Å². The summed E-state index contributed by atoms with van der Waals surface area (Å²) in [6, 6.07) is 10.6. The number of hydrogen-bond acceptors (Lipinski definition) is 7. The zero-order valence-electron chi connectivity index (χ0n) is 23.0. The fraction of sp³-hybridized carbons (Fsp3) is 0.333. The largest absolute Gasteiger partial charge is 0.481 e. The van der Waals surface area contributed by atoms with Crippen molar-refractivity contribution < 1.29 is 32.6 Å². The van der Waals surface area contributed by atoms with E-state index in [4.69, 9.17) is 0 Å². The number of anilines is 2. The van der Waals surface area contributed by atoms with Crippen LogP contribution in [0.15, 0.2) is 54.9 Å². The molecule has 1 aliphatic rings. The third-order valence-corrected chi connectivity index (χ3v) is 8.89. The van der Waals surface area contributed by atoms with Gasteiger partial charge >= 0.3 is 12.1 Å². The maximum absolute atomic E-state index is 14.0. The summed E-state index contributed by atoms with van der Waals surface area (Å²) in [5.41, 5.74) is -0.260. The van der Waals surface area contributed by atoms with Crippen molar-refractivity contribution in [1.29, 1.82) is 0 Å². The van der Waals surface area contributed by atoms with E-state index in [1.807, 2.05) is 19.9 Å². The molecule has 2 aromatic heterocycles. The van der Waals surface area contributed by atoms with Gasteiger partial charge in [0.05, 0.1) is 10.8 Å². The van der Waals surface area contributed by atoms with Crippen LogP contribution < -0.4 is 5.32 Å². The number of carbonyl (C=O) groups is 1. The molecule has 1 fully saturated rings. The number of nitrogens with zero attached hydrogens (tertiary/aromatic N) is 3. The monoisotopic (exact) mass is 600 g/mol. The molecule has 5 rings (SSSR count). The van der Waals surface area contributed by atoms with Crippen LogP contribution in [0.2, 0.25) is 0 Å². The molecule has 2 atom stereocenters. The highest BCUT2D eigenvalue weighted by Gasteiger charge is 2.49. The SMILES string of the molecule is Cc1cc(-c2cc(Nc3nccc(C(F)(F)F)n3)cc(-c3cnc([C@]4(O)CC[C@@H](C(=O)O)C(C)(C)C4)s3)c2)ccc1F. The summed E-state index contributed by atoms with van der Waals surface area (Å²) in [5, 5.41) is 24.5. The average Bonchev–Trinajstić information content (AvgIpc) is 3.41. The first-order valence-corrected chi connectivity index (χ1v) is 14.0. The first kappa shape index (κ1) is 29.6. The van der Waals surface area contributed by atoms with Crippen LogP contribution in [0.25, 0.3) is 21.6 Å². The van der Waals surface area contributed by atoms with Crippen molar-refractivity contribution in [2.24, 2.45) is 11.3 Å². The Morgan fingerprint density at radius 1 is 1.07 bits per heavy atom. The number of nitrogens with one attached hydrogen (secondary N) is 1. The van der Waals surface area contributed by atoms with Crippen molar-refractivity contribution in [2.45, 2.75) is 51.8 Å². The topological polar surface area (TPSA) is 108 Å². The molecule has 42 heavy (non-hydrogen) atoms. The molecule has 0 amide bonds. The Morgan fingerprint density at radius 3 is 2.48 bits per heavy atom. The highest BCUT2D eigenvalue weighted by atomic mass is 32.1. The molecular formula is C30H28F4N4O3S. The normalized spacial score (nSPS) is 20.3. The van der Waals surface area contributed by atoms with Gasteiger partial charge in [0.15, 0.2) is 0 Å². The van der Waals surface area contributed by atoms with Gasteiger partial charge in [-0.3, -0.25) is 4.79 Å². The number of aromatic nitrogens is 3. The van der Waals surface area contributed by atoms with E-state index in [0.29, 0.717) is 44.2 Å². The molecule has 2 aromatic carbocycles. The second-order valence-corrected chi connectivity index (χ2v) is 12.3. The van der Waals surface area contributed by atoms with Crippen LogP contribution in [0.4, 0.5) is 29.2 Å². The van der Waals surface area contributed by atoms with Gasteiger partial charge in [0.1, 0.15) is 22.1 Å².